The van der Waals surface area contributed by atoms with Gasteiger partial charge in [-0.2, -0.15) is 0 Å². The van der Waals surface area contributed by atoms with E-state index in [1.165, 1.54) is 5.56 Å². The van der Waals surface area contributed by atoms with Crippen LogP contribution in [0.25, 0.3) is 0 Å². The average molecular weight is 274 g/mol. The first-order valence-corrected chi connectivity index (χ1v) is 7.40. The van der Waals surface area contributed by atoms with E-state index in [0.29, 0.717) is 24.9 Å². The molecule has 0 unspecified atom stereocenters. The molecular weight excluding hydrogens is 252 g/mol. The van der Waals surface area contributed by atoms with Gasteiger partial charge in [-0.15, -0.1) is 0 Å². The number of likely N-dealkylation sites (tertiary alicyclic amines) is 1. The van der Waals surface area contributed by atoms with Crippen LogP contribution in [0.4, 0.5) is 0 Å². The van der Waals surface area contributed by atoms with E-state index in [1.54, 1.807) is 0 Å². The van der Waals surface area contributed by atoms with E-state index in [9.17, 15) is 4.79 Å². The van der Waals surface area contributed by atoms with Gasteiger partial charge >= 0.3 is 0 Å². The maximum Gasteiger partial charge on any atom is 0.226 e. The Bertz CT molecular complexity index is 477. The number of fused-ring (bicyclic) bond motifs is 1. The number of carbonyl (C=O) groups excluding carboxylic acids is 1. The zero-order chi connectivity index (χ0) is 13.9. The van der Waals surface area contributed by atoms with Crippen LogP contribution in [-0.4, -0.2) is 43.6 Å². The minimum absolute atomic E-state index is 0.229. The molecule has 1 aromatic carbocycles. The van der Waals surface area contributed by atoms with Crippen LogP contribution in [0, 0.1) is 18.8 Å². The van der Waals surface area contributed by atoms with Crippen molar-refractivity contribution >= 4 is 5.91 Å². The van der Waals surface area contributed by atoms with Gasteiger partial charge in [0.05, 0.1) is 13.0 Å². The van der Waals surface area contributed by atoms with Crippen molar-refractivity contribution in [3.05, 3.63) is 29.8 Å². The van der Waals surface area contributed by atoms with E-state index < -0.39 is 0 Å². The lowest BCUT2D eigenvalue weighted by Crippen LogP contribution is -2.32. The van der Waals surface area contributed by atoms with Crippen molar-refractivity contribution in [1.82, 2.24) is 10.2 Å². The van der Waals surface area contributed by atoms with Gasteiger partial charge in [0.2, 0.25) is 5.91 Å². The Kier molecular flexibility index (Phi) is 3.92. The molecular formula is C16H22N2O2. The fourth-order valence-electron chi connectivity index (χ4n) is 3.18. The molecule has 1 N–H and O–H groups in total. The van der Waals surface area contributed by atoms with Crippen LogP contribution in [0.2, 0.25) is 0 Å². The zero-order valence-electron chi connectivity index (χ0n) is 12.0. The number of nitrogens with zero attached hydrogens (tertiary/aromatic N) is 1. The van der Waals surface area contributed by atoms with Gasteiger partial charge in [0.25, 0.3) is 0 Å². The molecule has 4 nitrogen and oxygen atoms in total. The third kappa shape index (κ3) is 2.96. The molecule has 20 heavy (non-hydrogen) atoms. The van der Waals surface area contributed by atoms with Gasteiger partial charge in [0.15, 0.2) is 0 Å². The highest BCUT2D eigenvalue weighted by molar-refractivity contribution is 5.76. The van der Waals surface area contributed by atoms with Crippen molar-refractivity contribution in [3.8, 4) is 5.75 Å². The van der Waals surface area contributed by atoms with Crippen molar-refractivity contribution in [1.29, 1.82) is 0 Å². The molecule has 108 valence electrons. The third-order valence-corrected chi connectivity index (χ3v) is 4.32. The van der Waals surface area contributed by atoms with E-state index in [-0.39, 0.29) is 5.91 Å². The first-order chi connectivity index (χ1) is 9.72. The fraction of sp³-hybridized carbons (Fsp3) is 0.562. The number of hydrogen-bond donors (Lipinski definition) is 1. The summed E-state index contributed by atoms with van der Waals surface area (Å²) in [6, 6.07) is 7.94. The van der Waals surface area contributed by atoms with Gasteiger partial charge < -0.3 is 15.0 Å². The summed E-state index contributed by atoms with van der Waals surface area (Å²) >= 11 is 0. The second kappa shape index (κ2) is 5.83. The number of amides is 1. The molecule has 2 heterocycles. The predicted molar refractivity (Wildman–Crippen MR) is 77.7 cm³/mol. The lowest BCUT2D eigenvalue weighted by Gasteiger charge is -2.17. The second-order valence-electron chi connectivity index (χ2n) is 5.89. The molecule has 2 aliphatic heterocycles. The molecule has 4 heteroatoms. The summed E-state index contributed by atoms with van der Waals surface area (Å²) in [7, 11) is 0. The van der Waals surface area contributed by atoms with Crippen molar-refractivity contribution < 1.29 is 9.53 Å². The molecule has 0 spiro atoms. The average Bonchev–Trinajstić information content (AvgIpc) is 2.99. The van der Waals surface area contributed by atoms with Crippen LogP contribution in [-0.2, 0) is 4.79 Å². The van der Waals surface area contributed by atoms with Crippen LogP contribution in [0.15, 0.2) is 24.3 Å². The molecule has 0 aliphatic carbocycles. The van der Waals surface area contributed by atoms with Crippen LogP contribution in [0.5, 0.6) is 5.75 Å². The van der Waals surface area contributed by atoms with Crippen LogP contribution in [0.1, 0.15) is 12.0 Å². The van der Waals surface area contributed by atoms with Crippen LogP contribution < -0.4 is 10.1 Å². The molecule has 1 amide bonds. The molecule has 0 bridgehead atoms. The molecule has 2 aliphatic rings. The number of ether oxygens (including phenoxy) is 1. The molecule has 3 rings (SSSR count). The number of benzene rings is 1. The Balaban J connectivity index is 1.43. The van der Waals surface area contributed by atoms with Crippen molar-refractivity contribution in [3.63, 3.8) is 0 Å². The largest absolute Gasteiger partial charge is 0.493 e. The lowest BCUT2D eigenvalue weighted by molar-refractivity contribution is -0.130. The predicted octanol–water partition coefficient (Wildman–Crippen LogP) is 1.44. The number of carbonyl (C=O) groups is 1. The van der Waals surface area contributed by atoms with Gasteiger partial charge in [0.1, 0.15) is 5.75 Å². The normalized spacial score (nSPS) is 24.8. The fourth-order valence-corrected chi connectivity index (χ4v) is 3.18. The van der Waals surface area contributed by atoms with E-state index in [1.807, 2.05) is 36.1 Å². The Labute approximate surface area is 120 Å². The summed E-state index contributed by atoms with van der Waals surface area (Å²) in [5.74, 6) is 2.40. The first-order valence-electron chi connectivity index (χ1n) is 7.40. The third-order valence-electron chi connectivity index (χ3n) is 4.32. The van der Waals surface area contributed by atoms with E-state index in [2.05, 4.69) is 5.32 Å². The SMILES string of the molecule is Cc1cccc(OCCC(=O)N2C[C@H]3CNC[C@H]3C2)c1. The topological polar surface area (TPSA) is 41.6 Å². The molecule has 0 aromatic heterocycles. The molecule has 2 saturated heterocycles. The Morgan fingerprint density at radius 2 is 2.10 bits per heavy atom. The van der Waals surface area contributed by atoms with Gasteiger partial charge in [-0.1, -0.05) is 12.1 Å². The number of aryl methyl sites for hydroxylation is 1. The highest BCUT2D eigenvalue weighted by Crippen LogP contribution is 2.26. The summed E-state index contributed by atoms with van der Waals surface area (Å²) < 4.78 is 5.65. The van der Waals surface area contributed by atoms with Crippen molar-refractivity contribution in [2.45, 2.75) is 13.3 Å². The molecule has 2 atom stereocenters. The quantitative estimate of drug-likeness (QED) is 0.903. The highest BCUT2D eigenvalue weighted by atomic mass is 16.5. The van der Waals surface area contributed by atoms with Gasteiger partial charge in [-0.25, -0.2) is 0 Å². The lowest BCUT2D eigenvalue weighted by atomic mass is 10.0. The van der Waals surface area contributed by atoms with Crippen molar-refractivity contribution in [2.24, 2.45) is 11.8 Å². The van der Waals surface area contributed by atoms with E-state index in [4.69, 9.17) is 4.74 Å². The van der Waals surface area contributed by atoms with Crippen molar-refractivity contribution in [2.75, 3.05) is 32.8 Å². The minimum atomic E-state index is 0.229. The summed E-state index contributed by atoms with van der Waals surface area (Å²) in [6.45, 7) is 6.46. The Morgan fingerprint density at radius 3 is 2.80 bits per heavy atom. The zero-order valence-corrected chi connectivity index (χ0v) is 12.0. The van der Waals surface area contributed by atoms with E-state index >= 15 is 0 Å². The maximum absolute atomic E-state index is 12.2. The summed E-state index contributed by atoms with van der Waals surface area (Å²) in [4.78, 5) is 14.2. The van der Waals surface area contributed by atoms with E-state index in [0.717, 1.165) is 31.9 Å². The van der Waals surface area contributed by atoms with Crippen LogP contribution in [0.3, 0.4) is 0 Å². The second-order valence-corrected chi connectivity index (χ2v) is 5.89. The highest BCUT2D eigenvalue weighted by Gasteiger charge is 2.37. The van der Waals surface area contributed by atoms with Crippen LogP contribution >= 0.6 is 0 Å². The number of rotatable bonds is 4. The standard InChI is InChI=1S/C16H22N2O2/c1-12-3-2-4-15(7-12)20-6-5-16(19)18-10-13-8-17-9-14(13)11-18/h2-4,7,13-14,17H,5-6,8-11H2,1H3/t13-,14+. The molecule has 0 saturated carbocycles. The number of hydrogen-bond acceptors (Lipinski definition) is 3. The van der Waals surface area contributed by atoms with Gasteiger partial charge in [-0.05, 0) is 36.5 Å². The Hall–Kier alpha value is -1.55. The molecule has 0 radical (unpaired) electrons. The Morgan fingerprint density at radius 1 is 1.35 bits per heavy atom. The molecule has 1 aromatic rings. The van der Waals surface area contributed by atoms with Gasteiger partial charge in [0, 0.05) is 26.2 Å². The summed E-state index contributed by atoms with van der Waals surface area (Å²) in [6.07, 6.45) is 0.473. The first kappa shape index (κ1) is 13.4. The molecule has 2 fully saturated rings. The maximum atomic E-state index is 12.2. The smallest absolute Gasteiger partial charge is 0.226 e. The monoisotopic (exact) mass is 274 g/mol. The minimum Gasteiger partial charge on any atom is -0.493 e. The number of nitrogens with one attached hydrogen (secondary N) is 1. The summed E-state index contributed by atoms with van der Waals surface area (Å²) in [5, 5.41) is 3.39. The van der Waals surface area contributed by atoms with Gasteiger partial charge in [-0.3, -0.25) is 4.79 Å². The summed E-state index contributed by atoms with van der Waals surface area (Å²) in [5.41, 5.74) is 1.17.